The third-order valence-corrected chi connectivity index (χ3v) is 3.10. The van der Waals surface area contributed by atoms with Gasteiger partial charge in [-0.05, 0) is 6.42 Å². The second kappa shape index (κ2) is 5.93. The second-order valence-electron chi connectivity index (χ2n) is 2.60. The van der Waals surface area contributed by atoms with Gasteiger partial charge in [-0.1, -0.05) is 6.92 Å². The molecule has 0 bridgehead atoms. The maximum atomic E-state index is 11.0. The lowest BCUT2D eigenvalue weighted by Gasteiger charge is -2.02. The van der Waals surface area contributed by atoms with Gasteiger partial charge in [-0.2, -0.15) is 0 Å². The highest BCUT2D eigenvalue weighted by molar-refractivity contribution is 7.91. The molecule has 0 fully saturated rings. The van der Waals surface area contributed by atoms with Gasteiger partial charge in [-0.15, -0.1) is 0 Å². The minimum atomic E-state index is -3.05. The van der Waals surface area contributed by atoms with E-state index in [1.165, 1.54) is 0 Å². The van der Waals surface area contributed by atoms with Gasteiger partial charge in [-0.25, -0.2) is 13.2 Å². The SMILES string of the molecule is CCCS(=O)(=O)CCOCC(=O)O. The molecule has 6 heteroatoms. The van der Waals surface area contributed by atoms with E-state index in [2.05, 4.69) is 4.74 Å². The third kappa shape index (κ3) is 7.73. The van der Waals surface area contributed by atoms with E-state index in [4.69, 9.17) is 5.11 Å². The van der Waals surface area contributed by atoms with Crippen LogP contribution in [0.25, 0.3) is 0 Å². The van der Waals surface area contributed by atoms with Gasteiger partial charge in [0.15, 0.2) is 9.84 Å². The van der Waals surface area contributed by atoms with Gasteiger partial charge >= 0.3 is 5.97 Å². The number of carboxylic acids is 1. The third-order valence-electron chi connectivity index (χ3n) is 1.28. The van der Waals surface area contributed by atoms with Gasteiger partial charge < -0.3 is 9.84 Å². The molecule has 0 spiro atoms. The van der Waals surface area contributed by atoms with E-state index in [-0.39, 0.29) is 18.1 Å². The number of hydrogen-bond acceptors (Lipinski definition) is 4. The van der Waals surface area contributed by atoms with E-state index in [0.717, 1.165) is 0 Å². The molecule has 0 amide bonds. The molecular weight excluding hydrogens is 196 g/mol. The van der Waals surface area contributed by atoms with Crippen molar-refractivity contribution < 1.29 is 23.1 Å². The Balaban J connectivity index is 3.58. The molecule has 0 aromatic carbocycles. The molecule has 78 valence electrons. The number of aliphatic carboxylic acids is 1. The first-order valence-corrected chi connectivity index (χ1v) is 5.80. The molecule has 0 unspecified atom stereocenters. The molecule has 0 radical (unpaired) electrons. The van der Waals surface area contributed by atoms with Crippen LogP contribution in [0.3, 0.4) is 0 Å². The molecule has 0 aliphatic rings. The molecule has 0 saturated heterocycles. The van der Waals surface area contributed by atoms with Crippen molar-refractivity contribution in [3.63, 3.8) is 0 Å². The Hall–Kier alpha value is -0.620. The van der Waals surface area contributed by atoms with Gasteiger partial charge in [0.05, 0.1) is 12.4 Å². The molecule has 0 saturated carbocycles. The Morgan fingerprint density at radius 3 is 2.46 bits per heavy atom. The van der Waals surface area contributed by atoms with Gasteiger partial charge in [0, 0.05) is 5.75 Å². The summed E-state index contributed by atoms with van der Waals surface area (Å²) in [6.07, 6.45) is 0.571. The van der Waals surface area contributed by atoms with E-state index >= 15 is 0 Å². The van der Waals surface area contributed by atoms with Crippen molar-refractivity contribution in [3.8, 4) is 0 Å². The average Bonchev–Trinajstić information content (AvgIpc) is 1.98. The molecular formula is C7H14O5S. The molecule has 0 aliphatic carbocycles. The van der Waals surface area contributed by atoms with Crippen LogP contribution >= 0.6 is 0 Å². The summed E-state index contributed by atoms with van der Waals surface area (Å²) in [5, 5.41) is 8.17. The number of carboxylic acid groups (broad SMARTS) is 1. The van der Waals surface area contributed by atoms with Gasteiger partial charge in [0.1, 0.15) is 6.61 Å². The predicted molar refractivity (Wildman–Crippen MR) is 47.4 cm³/mol. The highest BCUT2D eigenvalue weighted by atomic mass is 32.2. The first-order chi connectivity index (χ1) is 5.98. The highest BCUT2D eigenvalue weighted by Gasteiger charge is 2.08. The molecule has 0 heterocycles. The van der Waals surface area contributed by atoms with E-state index in [1.807, 2.05) is 0 Å². The fourth-order valence-electron chi connectivity index (χ4n) is 0.758. The lowest BCUT2D eigenvalue weighted by atomic mass is 10.6. The van der Waals surface area contributed by atoms with Crippen molar-refractivity contribution in [1.82, 2.24) is 0 Å². The fourth-order valence-corrected chi connectivity index (χ4v) is 1.96. The van der Waals surface area contributed by atoms with E-state index in [0.29, 0.717) is 6.42 Å². The van der Waals surface area contributed by atoms with Gasteiger partial charge in [0.25, 0.3) is 0 Å². The Morgan fingerprint density at radius 1 is 1.38 bits per heavy atom. The summed E-state index contributed by atoms with van der Waals surface area (Å²) >= 11 is 0. The van der Waals surface area contributed by atoms with Crippen LogP contribution in [-0.4, -0.2) is 44.2 Å². The standard InChI is InChI=1S/C7H14O5S/c1-2-4-13(10,11)5-3-12-6-7(8)9/h2-6H2,1H3,(H,8,9). The first-order valence-electron chi connectivity index (χ1n) is 3.98. The lowest BCUT2D eigenvalue weighted by Crippen LogP contribution is -2.17. The number of sulfone groups is 1. The highest BCUT2D eigenvalue weighted by Crippen LogP contribution is 1.93. The maximum Gasteiger partial charge on any atom is 0.329 e. The van der Waals surface area contributed by atoms with Crippen LogP contribution in [0.4, 0.5) is 0 Å². The molecule has 0 rings (SSSR count). The van der Waals surface area contributed by atoms with Crippen molar-refractivity contribution >= 4 is 15.8 Å². The Bertz CT molecular complexity index is 244. The quantitative estimate of drug-likeness (QED) is 0.594. The zero-order chi connectivity index (χ0) is 10.3. The van der Waals surface area contributed by atoms with Crippen molar-refractivity contribution in [1.29, 1.82) is 0 Å². The average molecular weight is 210 g/mol. The molecule has 0 atom stereocenters. The van der Waals surface area contributed by atoms with E-state index in [9.17, 15) is 13.2 Å². The molecule has 0 aliphatic heterocycles. The Morgan fingerprint density at radius 2 is 2.00 bits per heavy atom. The maximum absolute atomic E-state index is 11.0. The minimum absolute atomic E-state index is 0.0470. The second-order valence-corrected chi connectivity index (χ2v) is 4.90. The minimum Gasteiger partial charge on any atom is -0.480 e. The number of carbonyl (C=O) groups is 1. The van der Waals surface area contributed by atoms with E-state index < -0.39 is 22.4 Å². The smallest absolute Gasteiger partial charge is 0.329 e. The summed E-state index contributed by atoms with van der Waals surface area (Å²) in [7, 11) is -3.05. The Kier molecular flexibility index (Phi) is 5.65. The van der Waals surface area contributed by atoms with Crippen molar-refractivity contribution in [3.05, 3.63) is 0 Å². The molecule has 13 heavy (non-hydrogen) atoms. The largest absolute Gasteiger partial charge is 0.480 e. The molecule has 0 aromatic rings. The molecule has 1 N–H and O–H groups in total. The van der Waals surface area contributed by atoms with Crippen LogP contribution in [0.1, 0.15) is 13.3 Å². The number of hydrogen-bond donors (Lipinski definition) is 1. The zero-order valence-electron chi connectivity index (χ0n) is 7.52. The predicted octanol–water partition coefficient (Wildman–Crippen LogP) is -0.0876. The summed E-state index contributed by atoms with van der Waals surface area (Å²) in [5.41, 5.74) is 0. The van der Waals surface area contributed by atoms with E-state index in [1.54, 1.807) is 6.92 Å². The topological polar surface area (TPSA) is 80.7 Å². The summed E-state index contributed by atoms with van der Waals surface area (Å²) < 4.78 is 26.7. The van der Waals surface area contributed by atoms with Gasteiger partial charge in [0.2, 0.25) is 0 Å². The Labute approximate surface area is 77.6 Å². The fraction of sp³-hybridized carbons (Fsp3) is 0.857. The summed E-state index contributed by atoms with van der Waals surface area (Å²) in [6, 6.07) is 0. The van der Waals surface area contributed by atoms with Crippen molar-refractivity contribution in [2.75, 3.05) is 24.7 Å². The van der Waals surface area contributed by atoms with Crippen LogP contribution in [0.5, 0.6) is 0 Å². The normalized spacial score (nSPS) is 11.5. The van der Waals surface area contributed by atoms with Crippen molar-refractivity contribution in [2.45, 2.75) is 13.3 Å². The summed E-state index contributed by atoms with van der Waals surface area (Å²) in [5.74, 6) is -1.06. The van der Waals surface area contributed by atoms with Crippen LogP contribution in [0, 0.1) is 0 Å². The monoisotopic (exact) mass is 210 g/mol. The summed E-state index contributed by atoms with van der Waals surface area (Å²) in [4.78, 5) is 9.98. The van der Waals surface area contributed by atoms with Crippen LogP contribution in [0.15, 0.2) is 0 Å². The summed E-state index contributed by atoms with van der Waals surface area (Å²) in [6.45, 7) is 1.28. The lowest BCUT2D eigenvalue weighted by molar-refractivity contribution is -0.142. The zero-order valence-corrected chi connectivity index (χ0v) is 8.34. The number of ether oxygens (including phenoxy) is 1. The first kappa shape index (κ1) is 12.4. The number of rotatable bonds is 7. The van der Waals surface area contributed by atoms with Crippen LogP contribution in [0.2, 0.25) is 0 Å². The van der Waals surface area contributed by atoms with Crippen LogP contribution < -0.4 is 0 Å². The molecule has 5 nitrogen and oxygen atoms in total. The van der Waals surface area contributed by atoms with Crippen molar-refractivity contribution in [2.24, 2.45) is 0 Å². The van der Waals surface area contributed by atoms with Gasteiger partial charge in [-0.3, -0.25) is 0 Å². The van der Waals surface area contributed by atoms with Crippen LogP contribution in [-0.2, 0) is 19.4 Å². The molecule has 0 aromatic heterocycles.